The lowest BCUT2D eigenvalue weighted by molar-refractivity contribution is -0.138. The van der Waals surface area contributed by atoms with E-state index in [0.717, 1.165) is 18.9 Å². The Morgan fingerprint density at radius 3 is 2.43 bits per heavy atom. The molecule has 0 aromatic rings. The third kappa shape index (κ3) is 17.9. The zero-order valence-electron chi connectivity index (χ0n) is 14.1. The van der Waals surface area contributed by atoms with E-state index < -0.39 is 5.97 Å². The molecule has 0 radical (unpaired) electrons. The van der Waals surface area contributed by atoms with Crippen LogP contribution in [0.15, 0.2) is 22.6 Å². The number of aliphatic hydroxyl groups excluding tert-OH is 1. The average molecular weight is 326 g/mol. The van der Waals surface area contributed by atoms with Gasteiger partial charge in [0.1, 0.15) is 6.61 Å². The van der Waals surface area contributed by atoms with Gasteiger partial charge in [0.15, 0.2) is 0 Å². The lowest BCUT2D eigenvalue weighted by Gasteiger charge is -2.25. The van der Waals surface area contributed by atoms with Crippen LogP contribution in [-0.2, 0) is 19.1 Å². The molecule has 0 spiro atoms. The van der Waals surface area contributed by atoms with Crippen LogP contribution in [0.5, 0.6) is 0 Å². The van der Waals surface area contributed by atoms with E-state index in [4.69, 9.17) is 5.11 Å². The molecule has 1 unspecified atom stereocenters. The fourth-order valence-corrected chi connectivity index (χ4v) is 1.89. The summed E-state index contributed by atoms with van der Waals surface area (Å²) in [5.74, 6) is -0.0435. The van der Waals surface area contributed by atoms with Gasteiger partial charge in [0.05, 0.1) is 19.7 Å². The molecule has 0 bridgehead atoms. The number of isocyanates is 2. The first-order valence-corrected chi connectivity index (χ1v) is 7.30. The van der Waals surface area contributed by atoms with E-state index >= 15 is 0 Å². The Bertz CT molecular complexity index is 436. The lowest BCUT2D eigenvalue weighted by atomic mass is 9.82. The van der Waals surface area contributed by atoms with Gasteiger partial charge in [-0.05, 0) is 24.2 Å². The van der Waals surface area contributed by atoms with Crippen molar-refractivity contribution in [2.45, 2.75) is 33.6 Å². The molecule has 23 heavy (non-hydrogen) atoms. The van der Waals surface area contributed by atoms with Gasteiger partial charge in [-0.3, -0.25) is 0 Å². The summed E-state index contributed by atoms with van der Waals surface area (Å²) in [7, 11) is 0. The van der Waals surface area contributed by atoms with Crippen molar-refractivity contribution < 1.29 is 24.2 Å². The van der Waals surface area contributed by atoms with Gasteiger partial charge in [0.25, 0.3) is 0 Å². The van der Waals surface area contributed by atoms with Crippen LogP contribution in [0.1, 0.15) is 33.6 Å². The second-order valence-electron chi connectivity index (χ2n) is 5.74. The molecule has 0 aliphatic heterocycles. The van der Waals surface area contributed by atoms with Crippen molar-refractivity contribution in [1.82, 2.24) is 0 Å². The maximum atomic E-state index is 10.1. The van der Waals surface area contributed by atoms with Crippen LogP contribution in [-0.4, -0.2) is 49.5 Å². The molecule has 7 nitrogen and oxygen atoms in total. The van der Waals surface area contributed by atoms with Crippen molar-refractivity contribution in [3.8, 4) is 0 Å². The third-order valence-electron chi connectivity index (χ3n) is 2.77. The second-order valence-corrected chi connectivity index (χ2v) is 5.74. The van der Waals surface area contributed by atoms with Gasteiger partial charge in [0.2, 0.25) is 12.2 Å². The minimum Gasteiger partial charge on any atom is -0.460 e. The Hall–Kier alpha value is -2.07. The van der Waals surface area contributed by atoms with Gasteiger partial charge in [-0.1, -0.05) is 27.4 Å². The number of rotatable bonds is 10. The van der Waals surface area contributed by atoms with Crippen molar-refractivity contribution in [3.63, 3.8) is 0 Å². The minimum atomic E-state index is -0.501. The van der Waals surface area contributed by atoms with Gasteiger partial charge in [-0.25, -0.2) is 24.4 Å². The fourth-order valence-electron chi connectivity index (χ4n) is 1.89. The van der Waals surface area contributed by atoms with Crippen LogP contribution in [0.3, 0.4) is 0 Å². The van der Waals surface area contributed by atoms with Crippen molar-refractivity contribution in [2.75, 3.05) is 26.3 Å². The Kier molecular flexibility index (Phi) is 15.0. The van der Waals surface area contributed by atoms with Crippen LogP contribution in [0, 0.1) is 11.3 Å². The van der Waals surface area contributed by atoms with E-state index in [2.05, 4.69) is 42.1 Å². The second kappa shape index (κ2) is 14.9. The molecule has 130 valence electrons. The molecule has 1 atom stereocenters. The number of ether oxygens (including phenoxy) is 1. The summed E-state index contributed by atoms with van der Waals surface area (Å²) < 4.78 is 4.33. The highest BCUT2D eigenvalue weighted by Crippen LogP contribution is 2.27. The standard InChI is InChI=1S/C11H18N2O2.C5H8O3/c1-10(4-5-12-8-14)6-11(2,3)7-13-9-15;1-2-5(7)8-4-3-6/h10H,4-7H2,1-3H3;2,6H,1,3-4H2. The molecule has 0 heterocycles. The Balaban J connectivity index is 0. The number of hydrogen-bond acceptors (Lipinski definition) is 7. The fraction of sp³-hybridized carbons (Fsp3) is 0.688. The van der Waals surface area contributed by atoms with Crippen LogP contribution in [0.4, 0.5) is 0 Å². The molecule has 0 fully saturated rings. The monoisotopic (exact) mass is 326 g/mol. The Labute approximate surface area is 137 Å². The molecule has 0 saturated heterocycles. The molecule has 0 rings (SSSR count). The predicted octanol–water partition coefficient (Wildman–Crippen LogP) is 1.81. The Morgan fingerprint density at radius 2 is 1.96 bits per heavy atom. The SMILES string of the molecule is C=CC(=O)OCCO.CC(CCN=C=O)CC(C)(C)CN=C=O. The molecule has 0 aliphatic rings. The zero-order valence-corrected chi connectivity index (χ0v) is 14.1. The normalized spacial score (nSPS) is 11.0. The summed E-state index contributed by atoms with van der Waals surface area (Å²) in [6, 6.07) is 0. The first kappa shape index (κ1) is 23.2. The van der Waals surface area contributed by atoms with E-state index in [1.165, 1.54) is 6.08 Å². The lowest BCUT2D eigenvalue weighted by Crippen LogP contribution is -2.19. The molecule has 0 amide bonds. The highest BCUT2D eigenvalue weighted by molar-refractivity contribution is 5.81. The molecule has 0 saturated carbocycles. The van der Waals surface area contributed by atoms with E-state index in [1.54, 1.807) is 6.08 Å². The van der Waals surface area contributed by atoms with Crippen LogP contribution < -0.4 is 0 Å². The topological polar surface area (TPSA) is 105 Å². The van der Waals surface area contributed by atoms with E-state index in [9.17, 15) is 14.4 Å². The van der Waals surface area contributed by atoms with Gasteiger partial charge in [-0.2, -0.15) is 0 Å². The van der Waals surface area contributed by atoms with Crippen LogP contribution in [0.25, 0.3) is 0 Å². The zero-order chi connectivity index (χ0) is 18.1. The van der Waals surface area contributed by atoms with E-state index in [0.29, 0.717) is 19.0 Å². The van der Waals surface area contributed by atoms with Crippen molar-refractivity contribution in [3.05, 3.63) is 12.7 Å². The minimum absolute atomic E-state index is 0.00171. The molecule has 7 heteroatoms. The molecule has 0 aromatic heterocycles. The number of carbonyl (C=O) groups excluding carboxylic acids is 3. The van der Waals surface area contributed by atoms with E-state index in [1.807, 2.05) is 0 Å². The first-order chi connectivity index (χ1) is 10.8. The van der Waals surface area contributed by atoms with Crippen LogP contribution in [0.2, 0.25) is 0 Å². The molecular formula is C16H26N2O5. The highest BCUT2D eigenvalue weighted by atomic mass is 16.5. The number of carbonyl (C=O) groups is 1. The summed E-state index contributed by atoms with van der Waals surface area (Å²) in [5.41, 5.74) is 0.00171. The summed E-state index contributed by atoms with van der Waals surface area (Å²) in [4.78, 5) is 37.1. The average Bonchev–Trinajstić information content (AvgIpc) is 2.51. The maximum absolute atomic E-state index is 10.1. The van der Waals surface area contributed by atoms with Gasteiger partial charge < -0.3 is 9.84 Å². The predicted molar refractivity (Wildman–Crippen MR) is 86.4 cm³/mol. The van der Waals surface area contributed by atoms with Gasteiger partial charge in [0, 0.05) is 6.08 Å². The highest BCUT2D eigenvalue weighted by Gasteiger charge is 2.20. The first-order valence-electron chi connectivity index (χ1n) is 7.30. The number of aliphatic imine (C=N–C) groups is 2. The quantitative estimate of drug-likeness (QED) is 0.285. The Morgan fingerprint density at radius 1 is 1.35 bits per heavy atom. The summed E-state index contributed by atoms with van der Waals surface area (Å²) in [6.45, 7) is 10.3. The van der Waals surface area contributed by atoms with Gasteiger partial charge >= 0.3 is 5.97 Å². The molecule has 0 aliphatic carbocycles. The molecular weight excluding hydrogens is 300 g/mol. The summed E-state index contributed by atoms with van der Waals surface area (Å²) in [6.07, 6.45) is 5.95. The van der Waals surface area contributed by atoms with Crippen LogP contribution >= 0.6 is 0 Å². The molecule has 0 aromatic carbocycles. The number of esters is 1. The number of nitrogens with zero attached hydrogens (tertiary/aromatic N) is 2. The smallest absolute Gasteiger partial charge is 0.330 e. The number of aliphatic hydroxyl groups is 1. The van der Waals surface area contributed by atoms with Crippen molar-refractivity contribution in [1.29, 1.82) is 0 Å². The molecule has 1 N–H and O–H groups in total. The van der Waals surface area contributed by atoms with Crippen molar-refractivity contribution in [2.24, 2.45) is 21.3 Å². The van der Waals surface area contributed by atoms with Gasteiger partial charge in [-0.15, -0.1) is 0 Å². The van der Waals surface area contributed by atoms with Crippen molar-refractivity contribution >= 4 is 18.1 Å². The summed E-state index contributed by atoms with van der Waals surface area (Å²) >= 11 is 0. The third-order valence-corrected chi connectivity index (χ3v) is 2.77. The summed E-state index contributed by atoms with van der Waals surface area (Å²) in [5, 5.41) is 8.10. The number of hydrogen-bond donors (Lipinski definition) is 1. The largest absolute Gasteiger partial charge is 0.460 e. The maximum Gasteiger partial charge on any atom is 0.330 e. The van der Waals surface area contributed by atoms with E-state index in [-0.39, 0.29) is 18.6 Å².